The highest BCUT2D eigenvalue weighted by Gasteiger charge is 2.10. The average molecular weight is 362 g/mol. The molecule has 0 saturated carbocycles. The molecule has 0 aliphatic rings. The van der Waals surface area contributed by atoms with Crippen molar-refractivity contribution in [1.82, 2.24) is 10.6 Å². The van der Waals surface area contributed by atoms with Crippen LogP contribution in [-0.2, 0) is 11.2 Å². The van der Waals surface area contributed by atoms with Crippen LogP contribution in [0.1, 0.15) is 24.1 Å². The summed E-state index contributed by atoms with van der Waals surface area (Å²) in [5.41, 5.74) is 2.30. The number of carbonyl (C=O) groups excluding carboxylic acids is 1. The molecular weight excluding hydrogens is 336 g/mol. The molecule has 0 aliphatic carbocycles. The van der Waals surface area contributed by atoms with E-state index in [-0.39, 0.29) is 18.5 Å². The predicted molar refractivity (Wildman–Crippen MR) is 110 cm³/mol. The third kappa shape index (κ3) is 4.86. The SMILES string of the molecule is COc1ccccc1CCNC(=O)CN[C@H](C)c1cccc2ccccc12. The molecular formula is C23H26N2O2. The summed E-state index contributed by atoms with van der Waals surface area (Å²) in [7, 11) is 1.66. The average Bonchev–Trinajstić information content (AvgIpc) is 2.72. The molecule has 4 nitrogen and oxygen atoms in total. The minimum atomic E-state index is -0.00279. The Morgan fingerprint density at radius 2 is 1.74 bits per heavy atom. The monoisotopic (exact) mass is 362 g/mol. The van der Waals surface area contributed by atoms with E-state index < -0.39 is 0 Å². The second kappa shape index (κ2) is 9.19. The largest absolute Gasteiger partial charge is 0.496 e. The molecule has 0 bridgehead atoms. The van der Waals surface area contributed by atoms with E-state index >= 15 is 0 Å². The van der Waals surface area contributed by atoms with Crippen LogP contribution >= 0.6 is 0 Å². The summed E-state index contributed by atoms with van der Waals surface area (Å²) < 4.78 is 5.34. The molecule has 2 N–H and O–H groups in total. The van der Waals surface area contributed by atoms with Gasteiger partial charge in [0.25, 0.3) is 0 Å². The molecule has 3 aromatic rings. The van der Waals surface area contributed by atoms with E-state index in [4.69, 9.17) is 4.74 Å². The minimum Gasteiger partial charge on any atom is -0.496 e. The summed E-state index contributed by atoms with van der Waals surface area (Å²) in [4.78, 5) is 12.2. The molecule has 0 aromatic heterocycles. The summed E-state index contributed by atoms with van der Waals surface area (Å²) >= 11 is 0. The van der Waals surface area contributed by atoms with Gasteiger partial charge in [0.2, 0.25) is 5.91 Å². The second-order valence-corrected chi connectivity index (χ2v) is 6.58. The van der Waals surface area contributed by atoms with Crippen molar-refractivity contribution in [1.29, 1.82) is 0 Å². The molecule has 0 spiro atoms. The number of rotatable bonds is 8. The van der Waals surface area contributed by atoms with Gasteiger partial charge in [0.05, 0.1) is 13.7 Å². The van der Waals surface area contributed by atoms with Crippen LogP contribution in [0.4, 0.5) is 0 Å². The van der Waals surface area contributed by atoms with Crippen molar-refractivity contribution in [3.05, 3.63) is 77.9 Å². The van der Waals surface area contributed by atoms with Crippen molar-refractivity contribution < 1.29 is 9.53 Å². The number of benzene rings is 3. The summed E-state index contributed by atoms with van der Waals surface area (Å²) in [5.74, 6) is 0.853. The highest BCUT2D eigenvalue weighted by Crippen LogP contribution is 2.23. The number of ether oxygens (including phenoxy) is 1. The quantitative estimate of drug-likeness (QED) is 0.640. The Morgan fingerprint density at radius 3 is 2.59 bits per heavy atom. The Morgan fingerprint density at radius 1 is 1.00 bits per heavy atom. The van der Waals surface area contributed by atoms with Crippen molar-refractivity contribution >= 4 is 16.7 Å². The fourth-order valence-electron chi connectivity index (χ4n) is 3.29. The van der Waals surface area contributed by atoms with Crippen LogP contribution in [0, 0.1) is 0 Å². The van der Waals surface area contributed by atoms with Gasteiger partial charge in [-0.3, -0.25) is 4.79 Å². The molecule has 0 radical (unpaired) electrons. The van der Waals surface area contributed by atoms with Crippen LogP contribution in [0.3, 0.4) is 0 Å². The van der Waals surface area contributed by atoms with Crippen LogP contribution in [-0.4, -0.2) is 26.1 Å². The standard InChI is InChI=1S/C23H26N2O2/c1-17(20-12-7-10-18-8-3-5-11-21(18)20)25-16-23(26)24-15-14-19-9-4-6-13-22(19)27-2/h3-13,17,25H,14-16H2,1-2H3,(H,24,26)/t17-/m1/s1. The molecule has 4 heteroatoms. The van der Waals surface area contributed by atoms with Gasteiger partial charge in [-0.2, -0.15) is 0 Å². The van der Waals surface area contributed by atoms with Crippen molar-refractivity contribution in [3.63, 3.8) is 0 Å². The Balaban J connectivity index is 1.50. The maximum Gasteiger partial charge on any atom is 0.233 e. The van der Waals surface area contributed by atoms with Gasteiger partial charge in [0.1, 0.15) is 5.75 Å². The Hall–Kier alpha value is -2.85. The van der Waals surface area contributed by atoms with Gasteiger partial charge < -0.3 is 15.4 Å². The van der Waals surface area contributed by atoms with Gasteiger partial charge in [-0.15, -0.1) is 0 Å². The number of amides is 1. The summed E-state index contributed by atoms with van der Waals surface area (Å²) in [6, 6.07) is 22.6. The lowest BCUT2D eigenvalue weighted by Gasteiger charge is -2.16. The lowest BCUT2D eigenvalue weighted by Crippen LogP contribution is -2.36. The Bertz CT molecular complexity index is 902. The maximum atomic E-state index is 12.2. The summed E-state index contributed by atoms with van der Waals surface area (Å²) in [6.07, 6.45) is 0.745. The molecule has 0 aliphatic heterocycles. The van der Waals surface area contributed by atoms with Gasteiger partial charge in [-0.05, 0) is 41.3 Å². The van der Waals surface area contributed by atoms with Gasteiger partial charge in [0.15, 0.2) is 0 Å². The normalized spacial score (nSPS) is 11.9. The van der Waals surface area contributed by atoms with E-state index in [1.165, 1.54) is 16.3 Å². The van der Waals surface area contributed by atoms with E-state index in [0.29, 0.717) is 6.54 Å². The predicted octanol–water partition coefficient (Wildman–Crippen LogP) is 3.86. The van der Waals surface area contributed by atoms with Crippen molar-refractivity contribution in [2.75, 3.05) is 20.2 Å². The van der Waals surface area contributed by atoms with E-state index in [1.807, 2.05) is 36.4 Å². The molecule has 0 saturated heterocycles. The smallest absolute Gasteiger partial charge is 0.233 e. The third-order valence-electron chi connectivity index (χ3n) is 4.77. The van der Waals surface area contributed by atoms with E-state index in [2.05, 4.69) is 47.9 Å². The van der Waals surface area contributed by atoms with Crippen LogP contribution in [0.2, 0.25) is 0 Å². The lowest BCUT2D eigenvalue weighted by atomic mass is 10.00. The number of hydrogen-bond acceptors (Lipinski definition) is 3. The van der Waals surface area contributed by atoms with Gasteiger partial charge in [-0.1, -0.05) is 60.7 Å². The third-order valence-corrected chi connectivity index (χ3v) is 4.77. The fourth-order valence-corrected chi connectivity index (χ4v) is 3.29. The Labute approximate surface area is 160 Å². The van der Waals surface area contributed by atoms with Gasteiger partial charge in [-0.25, -0.2) is 0 Å². The first kappa shape index (κ1) is 18.9. The first-order chi connectivity index (χ1) is 13.2. The van der Waals surface area contributed by atoms with Crippen LogP contribution in [0.15, 0.2) is 66.7 Å². The number of methoxy groups -OCH3 is 1. The molecule has 3 rings (SSSR count). The molecule has 1 atom stereocenters. The molecule has 0 unspecified atom stereocenters. The van der Waals surface area contributed by atoms with Crippen molar-refractivity contribution in [2.45, 2.75) is 19.4 Å². The summed E-state index contributed by atoms with van der Waals surface area (Å²) in [6.45, 7) is 2.96. The molecule has 1 amide bonds. The maximum absolute atomic E-state index is 12.2. The van der Waals surface area contributed by atoms with E-state index in [1.54, 1.807) is 7.11 Å². The number of nitrogens with one attached hydrogen (secondary N) is 2. The highest BCUT2D eigenvalue weighted by molar-refractivity contribution is 5.86. The molecule has 140 valence electrons. The van der Waals surface area contributed by atoms with Crippen LogP contribution in [0.25, 0.3) is 10.8 Å². The van der Waals surface area contributed by atoms with Crippen molar-refractivity contribution in [3.8, 4) is 5.75 Å². The first-order valence-electron chi connectivity index (χ1n) is 9.28. The van der Waals surface area contributed by atoms with Crippen LogP contribution in [0.5, 0.6) is 5.75 Å². The number of fused-ring (bicyclic) bond motifs is 1. The zero-order chi connectivity index (χ0) is 19.1. The zero-order valence-electron chi connectivity index (χ0n) is 15.9. The zero-order valence-corrected chi connectivity index (χ0v) is 15.9. The number of para-hydroxylation sites is 1. The Kier molecular flexibility index (Phi) is 6.44. The van der Waals surface area contributed by atoms with Crippen LogP contribution < -0.4 is 15.4 Å². The number of hydrogen-bond donors (Lipinski definition) is 2. The lowest BCUT2D eigenvalue weighted by molar-refractivity contribution is -0.120. The van der Waals surface area contributed by atoms with E-state index in [9.17, 15) is 4.79 Å². The first-order valence-corrected chi connectivity index (χ1v) is 9.28. The summed E-state index contributed by atoms with van der Waals surface area (Å²) in [5, 5.41) is 8.73. The van der Waals surface area contributed by atoms with Gasteiger partial charge >= 0.3 is 0 Å². The number of carbonyl (C=O) groups is 1. The van der Waals surface area contributed by atoms with Crippen molar-refractivity contribution in [2.24, 2.45) is 0 Å². The van der Waals surface area contributed by atoms with Gasteiger partial charge in [0, 0.05) is 12.6 Å². The second-order valence-electron chi connectivity index (χ2n) is 6.58. The molecule has 3 aromatic carbocycles. The highest BCUT2D eigenvalue weighted by atomic mass is 16.5. The van der Waals surface area contributed by atoms with E-state index in [0.717, 1.165) is 17.7 Å². The minimum absolute atomic E-state index is 0.00279. The topological polar surface area (TPSA) is 50.4 Å². The fraction of sp³-hybridized carbons (Fsp3) is 0.261. The molecule has 0 fully saturated rings. The molecule has 0 heterocycles. The molecule has 27 heavy (non-hydrogen) atoms.